The van der Waals surface area contributed by atoms with Crippen molar-refractivity contribution in [1.29, 1.82) is 0 Å². The molecule has 1 amide bonds. The molecule has 180 valence electrons. The number of rotatable bonds is 11. The Hall–Kier alpha value is -3.59. The highest BCUT2D eigenvalue weighted by atomic mass is 32.2. The maximum atomic E-state index is 13.0. The Morgan fingerprint density at radius 1 is 0.882 bits per heavy atom. The van der Waals surface area contributed by atoms with E-state index in [1.807, 2.05) is 32.0 Å². The molecule has 0 spiro atoms. The number of anilines is 1. The molecule has 34 heavy (non-hydrogen) atoms. The number of hydrogen-bond acceptors (Lipinski definition) is 5. The average Bonchev–Trinajstić information content (AvgIpc) is 2.81. The van der Waals surface area contributed by atoms with Gasteiger partial charge >= 0.3 is 0 Å². The summed E-state index contributed by atoms with van der Waals surface area (Å²) in [6, 6.07) is 16.3. The first-order valence-corrected chi connectivity index (χ1v) is 12.4. The second-order valence-electron chi connectivity index (χ2n) is 7.29. The Kier molecular flexibility index (Phi) is 8.48. The molecular weight excluding hydrogens is 459 g/mol. The van der Waals surface area contributed by atoms with Crippen molar-refractivity contribution in [2.24, 2.45) is 0 Å². The summed E-state index contributed by atoms with van der Waals surface area (Å²) in [6.07, 6.45) is 0.605. The van der Waals surface area contributed by atoms with E-state index in [0.29, 0.717) is 48.9 Å². The molecule has 0 saturated heterocycles. The summed E-state index contributed by atoms with van der Waals surface area (Å²) in [5.41, 5.74) is 1.68. The van der Waals surface area contributed by atoms with Gasteiger partial charge in [0.15, 0.2) is 11.5 Å². The zero-order valence-corrected chi connectivity index (χ0v) is 19.8. The molecule has 0 radical (unpaired) electrons. The van der Waals surface area contributed by atoms with Crippen LogP contribution in [-0.2, 0) is 16.4 Å². The molecule has 2 N–H and O–H groups in total. The summed E-state index contributed by atoms with van der Waals surface area (Å²) < 4.78 is 51.4. The van der Waals surface area contributed by atoms with E-state index >= 15 is 0 Å². The smallest absolute Gasteiger partial charge is 0.261 e. The fraction of sp³-hybridized carbons (Fsp3) is 0.240. The second kappa shape index (κ2) is 11.5. The van der Waals surface area contributed by atoms with Crippen LogP contribution in [0.25, 0.3) is 0 Å². The van der Waals surface area contributed by atoms with E-state index in [0.717, 1.165) is 17.7 Å². The third-order valence-corrected chi connectivity index (χ3v) is 6.23. The van der Waals surface area contributed by atoms with Crippen LogP contribution in [0, 0.1) is 5.82 Å². The lowest BCUT2D eigenvalue weighted by atomic mass is 10.1. The number of carbonyl (C=O) groups is 1. The van der Waals surface area contributed by atoms with Gasteiger partial charge in [-0.1, -0.05) is 6.07 Å². The van der Waals surface area contributed by atoms with Crippen molar-refractivity contribution in [2.45, 2.75) is 25.2 Å². The van der Waals surface area contributed by atoms with Gasteiger partial charge in [0.05, 0.1) is 18.1 Å². The summed E-state index contributed by atoms with van der Waals surface area (Å²) in [5.74, 6) is 0.564. The molecule has 9 heteroatoms. The van der Waals surface area contributed by atoms with Crippen molar-refractivity contribution < 1.29 is 27.1 Å². The number of benzene rings is 3. The third-order valence-electron chi connectivity index (χ3n) is 4.83. The predicted molar refractivity (Wildman–Crippen MR) is 128 cm³/mol. The molecule has 0 bridgehead atoms. The Morgan fingerprint density at radius 3 is 2.18 bits per heavy atom. The van der Waals surface area contributed by atoms with E-state index in [4.69, 9.17) is 9.47 Å². The Bertz CT molecular complexity index is 1210. The van der Waals surface area contributed by atoms with Crippen molar-refractivity contribution in [2.75, 3.05) is 24.5 Å². The van der Waals surface area contributed by atoms with Crippen LogP contribution < -0.4 is 19.5 Å². The molecule has 0 aliphatic heterocycles. The van der Waals surface area contributed by atoms with Gasteiger partial charge in [-0.2, -0.15) is 0 Å². The van der Waals surface area contributed by atoms with Gasteiger partial charge in [0.25, 0.3) is 15.9 Å². The Balaban J connectivity index is 1.56. The first-order chi connectivity index (χ1) is 16.3. The van der Waals surface area contributed by atoms with Crippen LogP contribution in [-0.4, -0.2) is 34.1 Å². The molecular formula is C25H27FN2O5S. The van der Waals surface area contributed by atoms with Crippen molar-refractivity contribution in [3.63, 3.8) is 0 Å². The standard InChI is InChI=1S/C25H27FN2O5S/c1-3-32-23-14-5-18(17-24(23)33-4-2)15-16-27-25(29)19-6-10-21(11-7-19)28-34(30,31)22-12-8-20(26)9-13-22/h5-14,17,28H,3-4,15-16H2,1-2H3,(H,27,29). The van der Waals surface area contributed by atoms with E-state index in [1.54, 1.807) is 0 Å². The molecule has 0 saturated carbocycles. The van der Waals surface area contributed by atoms with Gasteiger partial charge in [0.2, 0.25) is 0 Å². The predicted octanol–water partition coefficient (Wildman–Crippen LogP) is 4.40. The number of carbonyl (C=O) groups excluding carboxylic acids is 1. The SMILES string of the molecule is CCOc1ccc(CCNC(=O)c2ccc(NS(=O)(=O)c3ccc(F)cc3)cc2)cc1OCC. The number of nitrogens with one attached hydrogen (secondary N) is 2. The zero-order valence-electron chi connectivity index (χ0n) is 19.0. The fourth-order valence-corrected chi connectivity index (χ4v) is 4.25. The summed E-state index contributed by atoms with van der Waals surface area (Å²) in [7, 11) is -3.86. The van der Waals surface area contributed by atoms with Crippen LogP contribution in [0.3, 0.4) is 0 Å². The Labute approximate surface area is 199 Å². The molecule has 0 aliphatic rings. The average molecular weight is 487 g/mol. The van der Waals surface area contributed by atoms with E-state index in [-0.39, 0.29) is 10.8 Å². The minimum Gasteiger partial charge on any atom is -0.490 e. The van der Waals surface area contributed by atoms with Crippen LogP contribution >= 0.6 is 0 Å². The van der Waals surface area contributed by atoms with Gasteiger partial charge in [-0.05, 0) is 86.5 Å². The first-order valence-electron chi connectivity index (χ1n) is 10.9. The van der Waals surface area contributed by atoms with E-state index in [9.17, 15) is 17.6 Å². The number of sulfonamides is 1. The lowest BCUT2D eigenvalue weighted by Crippen LogP contribution is -2.25. The molecule has 0 fully saturated rings. The second-order valence-corrected chi connectivity index (χ2v) is 8.97. The lowest BCUT2D eigenvalue weighted by molar-refractivity contribution is 0.0954. The highest BCUT2D eigenvalue weighted by Gasteiger charge is 2.15. The zero-order chi connectivity index (χ0) is 24.6. The third kappa shape index (κ3) is 6.71. The monoisotopic (exact) mass is 486 g/mol. The quantitative estimate of drug-likeness (QED) is 0.419. The van der Waals surface area contributed by atoms with E-state index in [2.05, 4.69) is 10.0 Å². The van der Waals surface area contributed by atoms with Gasteiger partial charge in [-0.15, -0.1) is 0 Å². The van der Waals surface area contributed by atoms with Gasteiger partial charge in [0, 0.05) is 17.8 Å². The summed E-state index contributed by atoms with van der Waals surface area (Å²) in [5, 5.41) is 2.85. The van der Waals surface area contributed by atoms with Crippen LogP contribution in [0.5, 0.6) is 11.5 Å². The molecule has 3 rings (SSSR count). The summed E-state index contributed by atoms with van der Waals surface area (Å²) in [4.78, 5) is 12.4. The van der Waals surface area contributed by atoms with Crippen LogP contribution in [0.4, 0.5) is 10.1 Å². The van der Waals surface area contributed by atoms with Crippen molar-refractivity contribution in [3.05, 3.63) is 83.7 Å². The lowest BCUT2D eigenvalue weighted by Gasteiger charge is -2.13. The van der Waals surface area contributed by atoms with Crippen LogP contribution in [0.15, 0.2) is 71.6 Å². The summed E-state index contributed by atoms with van der Waals surface area (Å²) in [6.45, 7) is 5.30. The van der Waals surface area contributed by atoms with Crippen molar-refractivity contribution in [3.8, 4) is 11.5 Å². The molecule has 7 nitrogen and oxygen atoms in total. The van der Waals surface area contributed by atoms with Gasteiger partial charge in [-0.25, -0.2) is 12.8 Å². The van der Waals surface area contributed by atoms with Gasteiger partial charge in [-0.3, -0.25) is 9.52 Å². The van der Waals surface area contributed by atoms with Crippen LogP contribution in [0.1, 0.15) is 29.8 Å². The maximum absolute atomic E-state index is 13.0. The van der Waals surface area contributed by atoms with E-state index < -0.39 is 15.8 Å². The molecule has 3 aromatic carbocycles. The number of hydrogen-bond donors (Lipinski definition) is 2. The van der Waals surface area contributed by atoms with Gasteiger partial charge in [0.1, 0.15) is 5.82 Å². The molecule has 0 unspecified atom stereocenters. The topological polar surface area (TPSA) is 93.7 Å². The highest BCUT2D eigenvalue weighted by molar-refractivity contribution is 7.92. The Morgan fingerprint density at radius 2 is 1.53 bits per heavy atom. The molecule has 0 atom stereocenters. The fourth-order valence-electron chi connectivity index (χ4n) is 3.19. The van der Waals surface area contributed by atoms with Gasteiger partial charge < -0.3 is 14.8 Å². The molecule has 0 heterocycles. The number of amides is 1. The van der Waals surface area contributed by atoms with Crippen molar-refractivity contribution >= 4 is 21.6 Å². The van der Waals surface area contributed by atoms with Crippen molar-refractivity contribution in [1.82, 2.24) is 5.32 Å². The maximum Gasteiger partial charge on any atom is 0.261 e. The molecule has 0 aliphatic carbocycles. The first kappa shape index (κ1) is 25.0. The minimum atomic E-state index is -3.86. The van der Waals surface area contributed by atoms with Crippen LogP contribution in [0.2, 0.25) is 0 Å². The molecule has 3 aromatic rings. The largest absolute Gasteiger partial charge is 0.490 e. The summed E-state index contributed by atoms with van der Waals surface area (Å²) >= 11 is 0. The number of ether oxygens (including phenoxy) is 2. The highest BCUT2D eigenvalue weighted by Crippen LogP contribution is 2.28. The number of halogens is 1. The molecule has 0 aromatic heterocycles. The van der Waals surface area contributed by atoms with E-state index in [1.165, 1.54) is 36.4 Å². The minimum absolute atomic E-state index is 0.0579. The normalized spacial score (nSPS) is 11.0.